The Labute approximate surface area is 253 Å². The Balaban J connectivity index is 1.62. The SMILES string of the molecule is C/C=C\C=C1\Cc2ccccc2-c2ccccc2Cc2cccc(-c3ccc(Br)c(-c4ccccc4)c3)c2C1CC. The van der Waals surface area contributed by atoms with Crippen LogP contribution in [0.4, 0.5) is 0 Å². The first kappa shape index (κ1) is 27.2. The van der Waals surface area contributed by atoms with Crippen molar-refractivity contribution in [2.24, 2.45) is 0 Å². The molecule has 0 fully saturated rings. The molecule has 0 bridgehead atoms. The fourth-order valence-corrected chi connectivity index (χ4v) is 6.91. The molecular weight excluding hydrogens is 560 g/mol. The van der Waals surface area contributed by atoms with Gasteiger partial charge in [-0.05, 0) is 94.0 Å². The van der Waals surface area contributed by atoms with Crippen LogP contribution < -0.4 is 0 Å². The van der Waals surface area contributed by atoms with Crippen molar-refractivity contribution in [1.82, 2.24) is 0 Å². The Bertz CT molecular complexity index is 1740. The van der Waals surface area contributed by atoms with Crippen LogP contribution >= 0.6 is 15.9 Å². The first-order valence-electron chi connectivity index (χ1n) is 14.6. The van der Waals surface area contributed by atoms with Gasteiger partial charge in [0.05, 0.1) is 0 Å². The van der Waals surface area contributed by atoms with Crippen molar-refractivity contribution < 1.29 is 0 Å². The smallest absolute Gasteiger partial charge is 0.0254 e. The van der Waals surface area contributed by atoms with Gasteiger partial charge in [0.1, 0.15) is 0 Å². The van der Waals surface area contributed by atoms with Gasteiger partial charge in [-0.3, -0.25) is 0 Å². The standard InChI is InChI=1S/C40H35Br/c1-3-5-14-29-25-30-17-9-11-20-35(30)36-21-12-10-18-31(36)26-33-19-13-22-37(40(33)34(29)4-2)32-23-24-39(41)38(27-32)28-15-7-6-8-16-28/h3,5-24,27,34H,4,25-26H2,1-2H3/b5-3-,29-14-. The molecule has 0 saturated carbocycles. The molecule has 1 aliphatic rings. The molecule has 1 atom stereocenters. The van der Waals surface area contributed by atoms with E-state index in [1.54, 1.807) is 0 Å². The molecule has 0 nitrogen and oxygen atoms in total. The molecule has 1 unspecified atom stereocenters. The number of benzene rings is 5. The molecule has 5 aromatic carbocycles. The third-order valence-electron chi connectivity index (χ3n) is 8.37. The highest BCUT2D eigenvalue weighted by molar-refractivity contribution is 9.10. The summed E-state index contributed by atoms with van der Waals surface area (Å²) in [6, 6.07) is 42.4. The number of rotatable bonds is 4. The van der Waals surface area contributed by atoms with Crippen LogP contribution in [0.3, 0.4) is 0 Å². The first-order valence-corrected chi connectivity index (χ1v) is 15.4. The van der Waals surface area contributed by atoms with E-state index in [9.17, 15) is 0 Å². The van der Waals surface area contributed by atoms with Gasteiger partial charge in [0.2, 0.25) is 0 Å². The van der Waals surface area contributed by atoms with Crippen LogP contribution in [-0.2, 0) is 12.8 Å². The second-order valence-electron chi connectivity index (χ2n) is 10.8. The largest absolute Gasteiger partial charge is 0.0877 e. The highest BCUT2D eigenvalue weighted by Crippen LogP contribution is 2.44. The van der Waals surface area contributed by atoms with Crippen molar-refractivity contribution in [3.8, 4) is 33.4 Å². The van der Waals surface area contributed by atoms with E-state index in [0.29, 0.717) is 5.92 Å². The van der Waals surface area contributed by atoms with Crippen LogP contribution in [0.1, 0.15) is 48.4 Å². The molecule has 5 aromatic rings. The summed E-state index contributed by atoms with van der Waals surface area (Å²) in [5, 5.41) is 0. The van der Waals surface area contributed by atoms with E-state index in [4.69, 9.17) is 0 Å². The minimum atomic E-state index is 0.305. The Morgan fingerprint density at radius 1 is 0.634 bits per heavy atom. The van der Waals surface area contributed by atoms with Gasteiger partial charge in [-0.15, -0.1) is 0 Å². The van der Waals surface area contributed by atoms with Crippen molar-refractivity contribution in [2.45, 2.75) is 39.0 Å². The van der Waals surface area contributed by atoms with Crippen LogP contribution in [0, 0.1) is 0 Å². The molecule has 0 aromatic heterocycles. The van der Waals surface area contributed by atoms with Crippen LogP contribution in [0.5, 0.6) is 0 Å². The maximum Gasteiger partial charge on any atom is 0.0254 e. The molecule has 0 saturated heterocycles. The summed E-state index contributed by atoms with van der Waals surface area (Å²) in [6.07, 6.45) is 9.61. The average molecular weight is 596 g/mol. The number of halogens is 1. The van der Waals surface area contributed by atoms with Gasteiger partial charge in [0.15, 0.2) is 0 Å². The van der Waals surface area contributed by atoms with E-state index in [2.05, 4.69) is 163 Å². The van der Waals surface area contributed by atoms with Crippen molar-refractivity contribution in [3.63, 3.8) is 0 Å². The summed E-state index contributed by atoms with van der Waals surface area (Å²) in [7, 11) is 0. The lowest BCUT2D eigenvalue weighted by atomic mass is 9.75. The van der Waals surface area contributed by atoms with Crippen LogP contribution in [0.25, 0.3) is 33.4 Å². The van der Waals surface area contributed by atoms with Crippen LogP contribution in [0.15, 0.2) is 144 Å². The zero-order valence-corrected chi connectivity index (χ0v) is 25.4. The summed E-state index contributed by atoms with van der Waals surface area (Å²) in [6.45, 7) is 4.45. The van der Waals surface area contributed by atoms with Crippen molar-refractivity contribution in [3.05, 3.63) is 166 Å². The molecule has 0 heterocycles. The lowest BCUT2D eigenvalue weighted by Gasteiger charge is -2.28. The number of allylic oxidation sites excluding steroid dienone is 4. The number of hydrogen-bond donors (Lipinski definition) is 0. The lowest BCUT2D eigenvalue weighted by molar-refractivity contribution is 0.730. The summed E-state index contributed by atoms with van der Waals surface area (Å²) >= 11 is 3.84. The van der Waals surface area contributed by atoms with Gasteiger partial charge in [0, 0.05) is 10.4 Å². The van der Waals surface area contributed by atoms with Crippen LogP contribution in [-0.4, -0.2) is 0 Å². The summed E-state index contributed by atoms with van der Waals surface area (Å²) in [4.78, 5) is 0. The average Bonchev–Trinajstić information content (AvgIpc) is 3.02. The zero-order valence-electron chi connectivity index (χ0n) is 23.8. The number of hydrogen-bond acceptors (Lipinski definition) is 0. The van der Waals surface area contributed by atoms with E-state index in [1.165, 1.54) is 61.2 Å². The highest BCUT2D eigenvalue weighted by Gasteiger charge is 2.25. The van der Waals surface area contributed by atoms with Gasteiger partial charge in [0.25, 0.3) is 0 Å². The summed E-state index contributed by atoms with van der Waals surface area (Å²) in [5.74, 6) is 0.305. The molecule has 0 radical (unpaired) electrons. The minimum absolute atomic E-state index is 0.305. The highest BCUT2D eigenvalue weighted by atomic mass is 79.9. The van der Waals surface area contributed by atoms with E-state index in [0.717, 1.165) is 23.7 Å². The lowest BCUT2D eigenvalue weighted by Crippen LogP contribution is -2.12. The molecule has 0 spiro atoms. The van der Waals surface area contributed by atoms with Crippen LogP contribution in [0.2, 0.25) is 0 Å². The minimum Gasteiger partial charge on any atom is -0.0877 e. The zero-order chi connectivity index (χ0) is 28.2. The number of fused-ring (bicyclic) bond motifs is 4. The Kier molecular flexibility index (Phi) is 8.16. The van der Waals surface area contributed by atoms with Crippen molar-refractivity contribution in [1.29, 1.82) is 0 Å². The topological polar surface area (TPSA) is 0 Å². The van der Waals surface area contributed by atoms with Gasteiger partial charge in [-0.25, -0.2) is 0 Å². The van der Waals surface area contributed by atoms with E-state index >= 15 is 0 Å². The quantitative estimate of drug-likeness (QED) is 0.194. The molecule has 1 heteroatoms. The second kappa shape index (κ2) is 12.3. The van der Waals surface area contributed by atoms with E-state index < -0.39 is 0 Å². The molecule has 6 rings (SSSR count). The van der Waals surface area contributed by atoms with E-state index in [-0.39, 0.29) is 0 Å². The van der Waals surface area contributed by atoms with Crippen molar-refractivity contribution >= 4 is 15.9 Å². The molecule has 1 aliphatic carbocycles. The first-order chi connectivity index (χ1) is 20.2. The molecule has 0 amide bonds. The fraction of sp³-hybridized carbons (Fsp3) is 0.150. The maximum atomic E-state index is 3.84. The Morgan fingerprint density at radius 3 is 1.98 bits per heavy atom. The van der Waals surface area contributed by atoms with Crippen molar-refractivity contribution in [2.75, 3.05) is 0 Å². The van der Waals surface area contributed by atoms with Gasteiger partial charge in [-0.2, -0.15) is 0 Å². The predicted octanol–water partition coefficient (Wildman–Crippen LogP) is 11.6. The van der Waals surface area contributed by atoms with Gasteiger partial charge >= 0.3 is 0 Å². The van der Waals surface area contributed by atoms with Gasteiger partial charge < -0.3 is 0 Å². The maximum absolute atomic E-state index is 3.84. The Hall–Kier alpha value is -3.94. The van der Waals surface area contributed by atoms with Gasteiger partial charge in [-0.1, -0.05) is 150 Å². The normalized spacial score (nSPS) is 15.8. The predicted molar refractivity (Wildman–Crippen MR) is 179 cm³/mol. The Morgan fingerprint density at radius 2 is 1.27 bits per heavy atom. The third kappa shape index (κ3) is 5.52. The van der Waals surface area contributed by atoms with E-state index in [1.807, 2.05) is 0 Å². The fourth-order valence-electron chi connectivity index (χ4n) is 6.43. The summed E-state index contributed by atoms with van der Waals surface area (Å²) < 4.78 is 1.12. The second-order valence-corrected chi connectivity index (χ2v) is 11.7. The summed E-state index contributed by atoms with van der Waals surface area (Å²) in [5.41, 5.74) is 14.8. The molecular formula is C40H35Br. The molecule has 0 N–H and O–H groups in total. The monoisotopic (exact) mass is 594 g/mol. The molecule has 0 aliphatic heterocycles. The third-order valence-corrected chi connectivity index (χ3v) is 9.06. The molecule has 202 valence electrons. The molecule has 41 heavy (non-hydrogen) atoms.